The van der Waals surface area contributed by atoms with Crippen molar-refractivity contribution in [2.24, 2.45) is 9.98 Å². The molecular formula is C44H33N3. The minimum atomic E-state index is 0.608. The summed E-state index contributed by atoms with van der Waals surface area (Å²) in [5.41, 5.74) is 11.1. The molecule has 1 aromatic heterocycles. The highest BCUT2D eigenvalue weighted by Crippen LogP contribution is 2.28. The second-order valence-electron chi connectivity index (χ2n) is 11.5. The molecule has 0 saturated carbocycles. The topological polar surface area (TPSA) is 37.6 Å². The van der Waals surface area contributed by atoms with E-state index in [9.17, 15) is 0 Å². The maximum absolute atomic E-state index is 5.16. The number of amidine groups is 1. The van der Waals surface area contributed by atoms with Gasteiger partial charge in [0.2, 0.25) is 0 Å². The number of nitrogens with zero attached hydrogens (tertiary/aromatic N) is 3. The number of hydrogen-bond donors (Lipinski definition) is 0. The summed E-state index contributed by atoms with van der Waals surface area (Å²) in [5.74, 6) is 0.608. The molecule has 3 heteroatoms. The van der Waals surface area contributed by atoms with E-state index in [0.717, 1.165) is 50.2 Å². The lowest BCUT2D eigenvalue weighted by molar-refractivity contribution is 1.33. The van der Waals surface area contributed by atoms with E-state index >= 15 is 0 Å². The number of benzene rings is 6. The molecule has 0 fully saturated rings. The van der Waals surface area contributed by atoms with Gasteiger partial charge in [-0.2, -0.15) is 0 Å². The van der Waals surface area contributed by atoms with Crippen molar-refractivity contribution in [3.8, 4) is 33.4 Å². The first-order chi connectivity index (χ1) is 23.1. The van der Waals surface area contributed by atoms with Crippen molar-refractivity contribution in [2.45, 2.75) is 6.92 Å². The van der Waals surface area contributed by atoms with Crippen LogP contribution in [0.3, 0.4) is 0 Å². The van der Waals surface area contributed by atoms with Crippen LogP contribution in [0.1, 0.15) is 23.6 Å². The molecular weight excluding hydrogens is 571 g/mol. The summed E-state index contributed by atoms with van der Waals surface area (Å²) in [4.78, 5) is 14.5. The SMILES string of the molecule is C=C(/N=C(\N=C(/C)c1cccc(-c2ccccc2)c1)c1cccc(-c2ccc3ccccc3c2)c1)c1ccc(-c2cccnc2)cc1. The van der Waals surface area contributed by atoms with E-state index in [1.807, 2.05) is 25.3 Å². The molecule has 47 heavy (non-hydrogen) atoms. The molecule has 0 aliphatic rings. The highest BCUT2D eigenvalue weighted by molar-refractivity contribution is 6.13. The Labute approximate surface area is 276 Å². The Kier molecular flexibility index (Phi) is 8.44. The van der Waals surface area contributed by atoms with Crippen molar-refractivity contribution in [3.05, 3.63) is 193 Å². The van der Waals surface area contributed by atoms with Gasteiger partial charge in [0.1, 0.15) is 0 Å². The molecule has 7 aromatic rings. The number of rotatable bonds is 7. The number of hydrogen-bond acceptors (Lipinski definition) is 2. The Morgan fingerprint density at radius 2 is 1.06 bits per heavy atom. The van der Waals surface area contributed by atoms with Crippen LogP contribution in [0.2, 0.25) is 0 Å². The molecule has 3 nitrogen and oxygen atoms in total. The average Bonchev–Trinajstić information content (AvgIpc) is 3.15. The predicted molar refractivity (Wildman–Crippen MR) is 199 cm³/mol. The molecule has 224 valence electrons. The summed E-state index contributed by atoms with van der Waals surface area (Å²) in [5, 5.41) is 2.43. The summed E-state index contributed by atoms with van der Waals surface area (Å²) in [6.45, 7) is 6.41. The van der Waals surface area contributed by atoms with Crippen molar-refractivity contribution in [2.75, 3.05) is 0 Å². The molecule has 0 saturated heterocycles. The Balaban J connectivity index is 1.28. The van der Waals surface area contributed by atoms with Gasteiger partial charge in [-0.1, -0.05) is 140 Å². The zero-order chi connectivity index (χ0) is 32.0. The molecule has 1 heterocycles. The van der Waals surface area contributed by atoms with E-state index in [4.69, 9.17) is 9.98 Å². The third kappa shape index (κ3) is 6.75. The first kappa shape index (κ1) is 29.5. The van der Waals surface area contributed by atoms with E-state index in [0.29, 0.717) is 11.5 Å². The van der Waals surface area contributed by atoms with Crippen LogP contribution >= 0.6 is 0 Å². The first-order valence-corrected chi connectivity index (χ1v) is 15.7. The minimum Gasteiger partial charge on any atom is -0.264 e. The molecule has 0 radical (unpaired) electrons. The summed E-state index contributed by atoms with van der Waals surface area (Å²) < 4.78 is 0. The highest BCUT2D eigenvalue weighted by Gasteiger charge is 2.11. The van der Waals surface area contributed by atoms with Gasteiger partial charge in [-0.3, -0.25) is 4.98 Å². The number of aliphatic imine (C=N–C) groups is 2. The van der Waals surface area contributed by atoms with E-state index < -0.39 is 0 Å². The largest absolute Gasteiger partial charge is 0.264 e. The van der Waals surface area contributed by atoms with Gasteiger partial charge >= 0.3 is 0 Å². The van der Waals surface area contributed by atoms with E-state index in [1.165, 1.54) is 16.3 Å². The van der Waals surface area contributed by atoms with Crippen LogP contribution in [-0.4, -0.2) is 16.5 Å². The molecule has 0 spiro atoms. The van der Waals surface area contributed by atoms with Gasteiger partial charge in [0.25, 0.3) is 0 Å². The smallest absolute Gasteiger partial charge is 0.160 e. The maximum Gasteiger partial charge on any atom is 0.160 e. The molecule has 7 rings (SSSR count). The average molecular weight is 604 g/mol. The quantitative estimate of drug-likeness (QED) is 0.132. The van der Waals surface area contributed by atoms with Gasteiger partial charge in [0, 0.05) is 23.7 Å². The van der Waals surface area contributed by atoms with E-state index in [-0.39, 0.29) is 0 Å². The van der Waals surface area contributed by atoms with Crippen molar-refractivity contribution in [3.63, 3.8) is 0 Å². The second-order valence-corrected chi connectivity index (χ2v) is 11.5. The molecule has 0 atom stereocenters. The lowest BCUT2D eigenvalue weighted by Gasteiger charge is -2.11. The van der Waals surface area contributed by atoms with Crippen LogP contribution in [0.25, 0.3) is 49.9 Å². The minimum absolute atomic E-state index is 0.608. The molecule has 0 amide bonds. The lowest BCUT2D eigenvalue weighted by atomic mass is 9.99. The van der Waals surface area contributed by atoms with Crippen molar-refractivity contribution < 1.29 is 0 Å². The van der Waals surface area contributed by atoms with Gasteiger partial charge in [0.05, 0.1) is 5.70 Å². The zero-order valence-electron chi connectivity index (χ0n) is 26.2. The summed E-state index contributed by atoms with van der Waals surface area (Å²) >= 11 is 0. The molecule has 0 aliphatic carbocycles. The van der Waals surface area contributed by atoms with Gasteiger partial charge in [-0.05, 0) is 86.5 Å². The number of pyridine rings is 1. The number of fused-ring (bicyclic) bond motifs is 1. The fourth-order valence-corrected chi connectivity index (χ4v) is 5.72. The molecule has 0 unspecified atom stereocenters. The monoisotopic (exact) mass is 603 g/mol. The fraction of sp³-hybridized carbons (Fsp3) is 0.0227. The summed E-state index contributed by atoms with van der Waals surface area (Å²) in [6.07, 6.45) is 3.65. The van der Waals surface area contributed by atoms with Gasteiger partial charge in [0.15, 0.2) is 5.84 Å². The third-order valence-corrected chi connectivity index (χ3v) is 8.32. The molecule has 0 aliphatic heterocycles. The number of aromatic nitrogens is 1. The predicted octanol–water partition coefficient (Wildman–Crippen LogP) is 11.2. The normalized spacial score (nSPS) is 11.9. The van der Waals surface area contributed by atoms with Crippen molar-refractivity contribution in [1.82, 2.24) is 4.98 Å². The summed E-state index contributed by atoms with van der Waals surface area (Å²) in [7, 11) is 0. The molecule has 0 bridgehead atoms. The van der Waals surface area contributed by atoms with Gasteiger partial charge in [-0.25, -0.2) is 9.98 Å². The lowest BCUT2D eigenvalue weighted by Crippen LogP contribution is -2.05. The van der Waals surface area contributed by atoms with Crippen LogP contribution in [0.4, 0.5) is 0 Å². The Morgan fingerprint density at radius 3 is 1.83 bits per heavy atom. The van der Waals surface area contributed by atoms with Gasteiger partial charge in [-0.15, -0.1) is 0 Å². The van der Waals surface area contributed by atoms with Crippen LogP contribution in [0.5, 0.6) is 0 Å². The van der Waals surface area contributed by atoms with E-state index in [2.05, 4.69) is 157 Å². The standard InChI is InChI=1S/C44H33N3/c1-31(33-20-22-36(23-21-33)43-19-10-26-45-30-43)46-44(47-32(2)37-15-8-16-39(27-37)34-11-4-3-5-12-34)42-18-9-17-40(29-42)41-25-24-35-13-6-7-14-38(35)28-41/h3-30H,1H2,2H3/b46-44-,47-32+. The first-order valence-electron chi connectivity index (χ1n) is 15.7. The van der Waals surface area contributed by atoms with Crippen molar-refractivity contribution >= 4 is 28.0 Å². The van der Waals surface area contributed by atoms with Crippen LogP contribution in [-0.2, 0) is 0 Å². The fourth-order valence-electron chi connectivity index (χ4n) is 5.72. The maximum atomic E-state index is 5.16. The zero-order valence-corrected chi connectivity index (χ0v) is 26.2. The van der Waals surface area contributed by atoms with Gasteiger partial charge < -0.3 is 0 Å². The highest BCUT2D eigenvalue weighted by atomic mass is 14.9. The Hall–Kier alpha value is -6.19. The Bertz CT molecular complexity index is 2250. The van der Waals surface area contributed by atoms with Crippen LogP contribution in [0.15, 0.2) is 187 Å². The third-order valence-electron chi connectivity index (χ3n) is 8.32. The molecule has 6 aromatic carbocycles. The summed E-state index contributed by atoms with van der Waals surface area (Å²) in [6, 6.07) is 54.6. The van der Waals surface area contributed by atoms with Crippen molar-refractivity contribution in [1.29, 1.82) is 0 Å². The van der Waals surface area contributed by atoms with E-state index in [1.54, 1.807) is 6.20 Å². The van der Waals surface area contributed by atoms with Crippen LogP contribution in [0, 0.1) is 0 Å². The Morgan fingerprint density at radius 1 is 0.468 bits per heavy atom. The molecule has 0 N–H and O–H groups in total. The second kappa shape index (κ2) is 13.4. The van der Waals surface area contributed by atoms with Crippen LogP contribution < -0.4 is 0 Å².